The third-order valence-electron chi connectivity index (χ3n) is 2.73. The van der Waals surface area contributed by atoms with Gasteiger partial charge in [-0.05, 0) is 19.3 Å². The molecule has 0 saturated heterocycles. The maximum Gasteiger partial charge on any atom is 0.0951 e. The molecule has 0 aromatic carbocycles. The van der Waals surface area contributed by atoms with Gasteiger partial charge in [-0.15, -0.1) is 11.6 Å². The van der Waals surface area contributed by atoms with E-state index in [0.29, 0.717) is 11.9 Å². The predicted octanol–water partition coefficient (Wildman–Crippen LogP) is 2.98. The molecule has 0 amide bonds. The van der Waals surface area contributed by atoms with E-state index in [1.54, 1.807) is 0 Å². The van der Waals surface area contributed by atoms with Crippen LogP contribution in [0.5, 0.6) is 0 Å². The second-order valence-electron chi connectivity index (χ2n) is 3.95. The minimum atomic E-state index is 0.559. The smallest absolute Gasteiger partial charge is 0.0951 e. The van der Waals surface area contributed by atoms with Crippen molar-refractivity contribution in [3.8, 4) is 0 Å². The highest BCUT2D eigenvalue weighted by Gasteiger charge is 2.24. The molecule has 0 aliphatic heterocycles. The van der Waals surface area contributed by atoms with Gasteiger partial charge in [-0.2, -0.15) is 0 Å². The summed E-state index contributed by atoms with van der Waals surface area (Å²) in [5, 5.41) is 0. The van der Waals surface area contributed by atoms with Gasteiger partial charge in [-0.25, -0.2) is 4.98 Å². The average Bonchev–Trinajstić information content (AvgIpc) is 2.82. The van der Waals surface area contributed by atoms with E-state index < -0.39 is 0 Å². The molecule has 1 fully saturated rings. The Hall–Kier alpha value is -0.500. The van der Waals surface area contributed by atoms with Gasteiger partial charge in [0.1, 0.15) is 0 Å². The van der Waals surface area contributed by atoms with Crippen LogP contribution in [0.2, 0.25) is 0 Å². The first-order chi connectivity index (χ1) is 6.31. The number of hydrogen-bond donors (Lipinski definition) is 0. The van der Waals surface area contributed by atoms with Gasteiger partial charge in [0.2, 0.25) is 0 Å². The molecule has 1 aromatic heterocycles. The van der Waals surface area contributed by atoms with Gasteiger partial charge in [-0.3, -0.25) is 0 Å². The van der Waals surface area contributed by atoms with Gasteiger partial charge in [-0.1, -0.05) is 12.8 Å². The Morgan fingerprint density at radius 2 is 2.46 bits per heavy atom. The summed E-state index contributed by atoms with van der Waals surface area (Å²) in [6.45, 7) is 2.25. The lowest BCUT2D eigenvalue weighted by molar-refractivity contribution is 0.468. The fourth-order valence-electron chi connectivity index (χ4n) is 1.78. The minimum Gasteiger partial charge on any atom is -0.331 e. The zero-order valence-electron chi connectivity index (χ0n) is 7.91. The maximum absolute atomic E-state index is 5.81. The van der Waals surface area contributed by atoms with E-state index >= 15 is 0 Å². The Bertz CT molecular complexity index is 278. The first kappa shape index (κ1) is 9.07. The summed E-state index contributed by atoms with van der Waals surface area (Å²) in [4.78, 5) is 4.12. The van der Waals surface area contributed by atoms with Gasteiger partial charge < -0.3 is 4.57 Å². The molecule has 1 aliphatic carbocycles. The topological polar surface area (TPSA) is 17.8 Å². The third kappa shape index (κ3) is 2.05. The minimum absolute atomic E-state index is 0.559. The van der Waals surface area contributed by atoms with Crippen LogP contribution in [0.1, 0.15) is 37.9 Å². The van der Waals surface area contributed by atoms with Crippen LogP contribution in [0.15, 0.2) is 12.5 Å². The quantitative estimate of drug-likeness (QED) is 0.681. The highest BCUT2D eigenvalue weighted by molar-refractivity contribution is 6.16. The lowest BCUT2D eigenvalue weighted by atomic mass is 10.1. The van der Waals surface area contributed by atoms with Crippen molar-refractivity contribution in [3.63, 3.8) is 0 Å². The number of imidazole rings is 1. The van der Waals surface area contributed by atoms with E-state index in [2.05, 4.69) is 16.5 Å². The number of halogens is 1. The lowest BCUT2D eigenvalue weighted by Crippen LogP contribution is -2.07. The van der Waals surface area contributed by atoms with E-state index in [9.17, 15) is 0 Å². The first-order valence-electron chi connectivity index (χ1n) is 4.88. The Morgan fingerprint density at radius 3 is 3.08 bits per heavy atom. The molecule has 0 radical (unpaired) electrons. The molecule has 2 rings (SSSR count). The summed E-state index contributed by atoms with van der Waals surface area (Å²) in [6.07, 6.45) is 7.85. The Labute approximate surface area is 83.9 Å². The molecule has 0 bridgehead atoms. The Morgan fingerprint density at radius 1 is 1.69 bits per heavy atom. The number of hydrogen-bond acceptors (Lipinski definition) is 1. The number of alkyl halides is 1. The van der Waals surface area contributed by atoms with Crippen LogP contribution in [-0.4, -0.2) is 9.55 Å². The van der Waals surface area contributed by atoms with Crippen LogP contribution < -0.4 is 0 Å². The van der Waals surface area contributed by atoms with E-state index in [4.69, 9.17) is 11.6 Å². The van der Waals surface area contributed by atoms with Crippen molar-refractivity contribution < 1.29 is 0 Å². The van der Waals surface area contributed by atoms with Gasteiger partial charge in [0.05, 0.1) is 17.9 Å². The number of nitrogens with zero attached hydrogens (tertiary/aromatic N) is 2. The van der Waals surface area contributed by atoms with Crippen LogP contribution in [0.3, 0.4) is 0 Å². The van der Waals surface area contributed by atoms with Crippen molar-refractivity contribution in [2.75, 3.05) is 0 Å². The molecular formula is C10H15ClN2. The van der Waals surface area contributed by atoms with Crippen molar-refractivity contribution in [3.05, 3.63) is 18.2 Å². The van der Waals surface area contributed by atoms with Gasteiger partial charge >= 0.3 is 0 Å². The Kier molecular flexibility index (Phi) is 2.58. The van der Waals surface area contributed by atoms with Crippen LogP contribution in [-0.2, 0) is 5.88 Å². The average molecular weight is 199 g/mol. The molecule has 72 valence electrons. The molecule has 0 spiro atoms. The fourth-order valence-corrected chi connectivity index (χ4v) is 1.99. The van der Waals surface area contributed by atoms with Crippen LogP contribution in [0, 0.1) is 5.92 Å². The van der Waals surface area contributed by atoms with Crippen molar-refractivity contribution in [2.24, 2.45) is 5.92 Å². The molecule has 1 aliphatic rings. The van der Waals surface area contributed by atoms with Crippen molar-refractivity contribution in [1.29, 1.82) is 0 Å². The molecule has 1 unspecified atom stereocenters. The zero-order chi connectivity index (χ0) is 9.26. The molecule has 0 N–H and O–H groups in total. The molecule has 3 heteroatoms. The summed E-state index contributed by atoms with van der Waals surface area (Å²) in [7, 11) is 0. The summed E-state index contributed by atoms with van der Waals surface area (Å²) >= 11 is 5.81. The molecule has 13 heavy (non-hydrogen) atoms. The third-order valence-corrected chi connectivity index (χ3v) is 3.00. The Balaban J connectivity index is 2.04. The van der Waals surface area contributed by atoms with Crippen molar-refractivity contribution >= 4 is 11.6 Å². The summed E-state index contributed by atoms with van der Waals surface area (Å²) < 4.78 is 2.20. The number of aromatic nitrogens is 2. The normalized spacial score (nSPS) is 18.9. The number of rotatable bonds is 4. The zero-order valence-corrected chi connectivity index (χ0v) is 8.67. The molecule has 1 aromatic rings. The van der Waals surface area contributed by atoms with Gasteiger partial charge in [0, 0.05) is 12.2 Å². The van der Waals surface area contributed by atoms with Gasteiger partial charge in [0.25, 0.3) is 0 Å². The molecular weight excluding hydrogens is 184 g/mol. The summed E-state index contributed by atoms with van der Waals surface area (Å²) in [5.74, 6) is 1.52. The summed E-state index contributed by atoms with van der Waals surface area (Å²) in [5.41, 5.74) is 1.13. The second-order valence-corrected chi connectivity index (χ2v) is 4.22. The van der Waals surface area contributed by atoms with E-state index in [1.165, 1.54) is 19.3 Å². The van der Waals surface area contributed by atoms with Crippen LogP contribution in [0.25, 0.3) is 0 Å². The van der Waals surface area contributed by atoms with Crippen molar-refractivity contribution in [2.45, 2.75) is 38.1 Å². The predicted molar refractivity (Wildman–Crippen MR) is 53.8 cm³/mol. The standard InChI is InChI=1S/C10H15ClN2/c1-8(4-9-2-3-9)13-7-12-6-10(13)5-11/h6-9H,2-5H2,1H3. The monoisotopic (exact) mass is 198 g/mol. The largest absolute Gasteiger partial charge is 0.331 e. The maximum atomic E-state index is 5.81. The molecule has 2 nitrogen and oxygen atoms in total. The SMILES string of the molecule is CC(CC1CC1)n1cncc1CCl. The second kappa shape index (κ2) is 3.70. The van der Waals surface area contributed by atoms with Gasteiger partial charge in [0.15, 0.2) is 0 Å². The highest BCUT2D eigenvalue weighted by Crippen LogP contribution is 2.36. The van der Waals surface area contributed by atoms with Crippen LogP contribution in [0.4, 0.5) is 0 Å². The van der Waals surface area contributed by atoms with Crippen molar-refractivity contribution in [1.82, 2.24) is 9.55 Å². The van der Waals surface area contributed by atoms with E-state index in [0.717, 1.165) is 11.6 Å². The summed E-state index contributed by atoms with van der Waals surface area (Å²) in [6, 6.07) is 0.559. The molecule has 1 saturated carbocycles. The van der Waals surface area contributed by atoms with E-state index in [-0.39, 0.29) is 0 Å². The fraction of sp³-hybridized carbons (Fsp3) is 0.700. The van der Waals surface area contributed by atoms with E-state index in [1.807, 2.05) is 12.5 Å². The first-order valence-corrected chi connectivity index (χ1v) is 5.41. The molecule has 1 heterocycles. The highest BCUT2D eigenvalue weighted by atomic mass is 35.5. The lowest BCUT2D eigenvalue weighted by Gasteiger charge is -2.14. The molecule has 1 atom stereocenters. The van der Waals surface area contributed by atoms with Crippen LogP contribution >= 0.6 is 11.6 Å².